The Morgan fingerprint density at radius 3 is 2.79 bits per heavy atom. The third kappa shape index (κ3) is 1.70. The zero-order valence-electron chi connectivity index (χ0n) is 7.07. The number of hydrogen-bond acceptors (Lipinski definition) is 3. The molecule has 0 spiro atoms. The first kappa shape index (κ1) is 10.2. The van der Waals surface area contributed by atoms with E-state index >= 15 is 0 Å². The molecule has 1 rings (SSSR count). The van der Waals surface area contributed by atoms with Gasteiger partial charge in [-0.2, -0.15) is 5.26 Å². The molecule has 0 aliphatic heterocycles. The number of rotatable bonds is 2. The van der Waals surface area contributed by atoms with Crippen LogP contribution in [0.3, 0.4) is 0 Å². The van der Waals surface area contributed by atoms with E-state index in [0.29, 0.717) is 0 Å². The maximum Gasteiger partial charge on any atom is 0.325 e. The normalized spacial score (nSPS) is 11.8. The van der Waals surface area contributed by atoms with Crippen LogP contribution in [0, 0.1) is 17.1 Å². The lowest BCUT2D eigenvalue weighted by Gasteiger charge is -2.08. The van der Waals surface area contributed by atoms with Crippen LogP contribution in [0.2, 0.25) is 0 Å². The highest BCUT2D eigenvalue weighted by Crippen LogP contribution is 2.18. The van der Waals surface area contributed by atoms with E-state index in [-0.39, 0.29) is 11.1 Å². The Hall–Kier alpha value is -1.93. The summed E-state index contributed by atoms with van der Waals surface area (Å²) in [6.07, 6.45) is 0. The van der Waals surface area contributed by atoms with Crippen LogP contribution in [0.25, 0.3) is 0 Å². The van der Waals surface area contributed by atoms with Gasteiger partial charge in [0, 0.05) is 5.56 Å². The minimum atomic E-state index is -1.37. The predicted octanol–water partition coefficient (Wildman–Crippen LogP) is 0.782. The standard InChI is InChI=1S/C9H7FN2O2/c10-7-3-1-2-5(6(7)4-11)8(12)9(13)14/h1-3,8H,12H2,(H,13,14)/t8-/m0/s1. The molecular weight excluding hydrogens is 187 g/mol. The van der Waals surface area contributed by atoms with E-state index in [1.165, 1.54) is 12.1 Å². The minimum Gasteiger partial charge on any atom is -0.480 e. The molecule has 4 nitrogen and oxygen atoms in total. The molecule has 0 saturated carbocycles. The van der Waals surface area contributed by atoms with Gasteiger partial charge in [0.1, 0.15) is 17.9 Å². The summed E-state index contributed by atoms with van der Waals surface area (Å²) in [4.78, 5) is 10.5. The van der Waals surface area contributed by atoms with Crippen molar-refractivity contribution in [3.8, 4) is 6.07 Å². The Balaban J connectivity index is 3.29. The fourth-order valence-electron chi connectivity index (χ4n) is 1.05. The van der Waals surface area contributed by atoms with Gasteiger partial charge in [0.15, 0.2) is 0 Å². The number of carboxylic acids is 1. The van der Waals surface area contributed by atoms with Gasteiger partial charge < -0.3 is 10.8 Å². The molecule has 0 amide bonds. The molecule has 14 heavy (non-hydrogen) atoms. The van der Waals surface area contributed by atoms with E-state index in [1.807, 2.05) is 0 Å². The summed E-state index contributed by atoms with van der Waals surface area (Å²) in [5.41, 5.74) is 4.93. The van der Waals surface area contributed by atoms with E-state index in [1.54, 1.807) is 6.07 Å². The van der Waals surface area contributed by atoms with Gasteiger partial charge in [0.2, 0.25) is 0 Å². The second-order valence-corrected chi connectivity index (χ2v) is 2.63. The third-order valence-corrected chi connectivity index (χ3v) is 1.76. The summed E-state index contributed by atoms with van der Waals surface area (Å²) in [7, 11) is 0. The molecule has 0 bridgehead atoms. The van der Waals surface area contributed by atoms with Crippen LogP contribution in [-0.2, 0) is 4.79 Å². The lowest BCUT2D eigenvalue weighted by molar-refractivity contribution is -0.138. The number of nitrogens with two attached hydrogens (primary N) is 1. The highest BCUT2D eigenvalue weighted by molar-refractivity contribution is 5.76. The van der Waals surface area contributed by atoms with Gasteiger partial charge in [-0.05, 0) is 6.07 Å². The van der Waals surface area contributed by atoms with Crippen molar-refractivity contribution in [2.45, 2.75) is 6.04 Å². The van der Waals surface area contributed by atoms with E-state index < -0.39 is 17.8 Å². The van der Waals surface area contributed by atoms with Crippen LogP contribution in [0.1, 0.15) is 17.2 Å². The maximum absolute atomic E-state index is 13.0. The summed E-state index contributed by atoms with van der Waals surface area (Å²) in [5, 5.41) is 17.2. The van der Waals surface area contributed by atoms with Crippen molar-refractivity contribution < 1.29 is 14.3 Å². The second kappa shape index (κ2) is 3.85. The molecule has 1 aromatic carbocycles. The highest BCUT2D eigenvalue weighted by atomic mass is 19.1. The van der Waals surface area contributed by atoms with E-state index in [2.05, 4.69) is 0 Å². The van der Waals surface area contributed by atoms with Gasteiger partial charge in [0.25, 0.3) is 0 Å². The van der Waals surface area contributed by atoms with E-state index in [4.69, 9.17) is 16.1 Å². The first-order valence-electron chi connectivity index (χ1n) is 3.75. The van der Waals surface area contributed by atoms with E-state index in [0.717, 1.165) is 6.07 Å². The maximum atomic E-state index is 13.0. The van der Waals surface area contributed by atoms with Crippen LogP contribution in [0.5, 0.6) is 0 Å². The summed E-state index contributed by atoms with van der Waals surface area (Å²) >= 11 is 0. The van der Waals surface area contributed by atoms with Crippen molar-refractivity contribution in [2.24, 2.45) is 5.73 Å². The van der Waals surface area contributed by atoms with Crippen LogP contribution < -0.4 is 5.73 Å². The zero-order valence-corrected chi connectivity index (χ0v) is 7.07. The van der Waals surface area contributed by atoms with Crippen LogP contribution in [-0.4, -0.2) is 11.1 Å². The Bertz CT molecular complexity index is 412. The lowest BCUT2D eigenvalue weighted by atomic mass is 10.0. The molecule has 0 aromatic heterocycles. The molecule has 0 radical (unpaired) electrons. The number of carbonyl (C=O) groups is 1. The molecule has 1 aromatic rings. The summed E-state index contributed by atoms with van der Waals surface area (Å²) in [6, 6.07) is 3.92. The van der Waals surface area contributed by atoms with Gasteiger partial charge in [-0.25, -0.2) is 4.39 Å². The fraction of sp³-hybridized carbons (Fsp3) is 0.111. The van der Waals surface area contributed by atoms with Crippen molar-refractivity contribution >= 4 is 5.97 Å². The molecule has 5 heteroatoms. The average molecular weight is 194 g/mol. The molecular formula is C9H7FN2O2. The van der Waals surface area contributed by atoms with Crippen molar-refractivity contribution in [3.05, 3.63) is 35.1 Å². The Morgan fingerprint density at radius 2 is 2.29 bits per heavy atom. The smallest absolute Gasteiger partial charge is 0.325 e. The molecule has 0 saturated heterocycles. The van der Waals surface area contributed by atoms with Crippen LogP contribution in [0.15, 0.2) is 18.2 Å². The van der Waals surface area contributed by atoms with Crippen molar-refractivity contribution in [3.63, 3.8) is 0 Å². The monoisotopic (exact) mass is 194 g/mol. The van der Waals surface area contributed by atoms with Gasteiger partial charge in [0.05, 0.1) is 5.56 Å². The number of benzene rings is 1. The predicted molar refractivity (Wildman–Crippen MR) is 45.7 cm³/mol. The van der Waals surface area contributed by atoms with Crippen molar-refractivity contribution in [1.82, 2.24) is 0 Å². The number of halogens is 1. The number of carboxylic acid groups (broad SMARTS) is 1. The Labute approximate surface area is 79.4 Å². The zero-order chi connectivity index (χ0) is 10.7. The van der Waals surface area contributed by atoms with Crippen LogP contribution >= 0.6 is 0 Å². The second-order valence-electron chi connectivity index (χ2n) is 2.63. The first-order valence-corrected chi connectivity index (χ1v) is 3.75. The van der Waals surface area contributed by atoms with Gasteiger partial charge in [-0.15, -0.1) is 0 Å². The largest absolute Gasteiger partial charge is 0.480 e. The van der Waals surface area contributed by atoms with E-state index in [9.17, 15) is 9.18 Å². The van der Waals surface area contributed by atoms with Gasteiger partial charge in [-0.1, -0.05) is 12.1 Å². The molecule has 0 aliphatic carbocycles. The lowest BCUT2D eigenvalue weighted by Crippen LogP contribution is -2.22. The summed E-state index contributed by atoms with van der Waals surface area (Å²) in [6.45, 7) is 0. The number of aliphatic carboxylic acids is 1. The molecule has 0 aliphatic rings. The van der Waals surface area contributed by atoms with Gasteiger partial charge in [-0.3, -0.25) is 4.79 Å². The minimum absolute atomic E-state index is 0.0139. The summed E-state index contributed by atoms with van der Waals surface area (Å²) in [5.74, 6) is -2.06. The average Bonchev–Trinajstić information content (AvgIpc) is 2.16. The number of nitrogens with zero attached hydrogens (tertiary/aromatic N) is 1. The molecule has 0 heterocycles. The van der Waals surface area contributed by atoms with Crippen molar-refractivity contribution in [2.75, 3.05) is 0 Å². The molecule has 0 fully saturated rings. The topological polar surface area (TPSA) is 87.1 Å². The molecule has 3 N–H and O–H groups in total. The Kier molecular flexibility index (Phi) is 2.79. The summed E-state index contributed by atoms with van der Waals surface area (Å²) < 4.78 is 13.0. The molecule has 1 atom stereocenters. The number of nitriles is 1. The van der Waals surface area contributed by atoms with Crippen LogP contribution in [0.4, 0.5) is 4.39 Å². The Morgan fingerprint density at radius 1 is 1.64 bits per heavy atom. The van der Waals surface area contributed by atoms with Crippen molar-refractivity contribution in [1.29, 1.82) is 5.26 Å². The molecule has 72 valence electrons. The molecule has 0 unspecified atom stereocenters. The van der Waals surface area contributed by atoms with Gasteiger partial charge >= 0.3 is 5.97 Å². The SMILES string of the molecule is N#Cc1c(F)cccc1[C@H](N)C(=O)O. The third-order valence-electron chi connectivity index (χ3n) is 1.76. The first-order chi connectivity index (χ1) is 6.57. The quantitative estimate of drug-likeness (QED) is 0.728. The highest BCUT2D eigenvalue weighted by Gasteiger charge is 2.19. The number of hydrogen-bond donors (Lipinski definition) is 2. The fourth-order valence-corrected chi connectivity index (χ4v) is 1.05.